The zero-order valence-corrected chi connectivity index (χ0v) is 17.0. The number of nitrogens with zero attached hydrogens (tertiary/aromatic N) is 4. The van der Waals surface area contributed by atoms with E-state index in [1.165, 1.54) is 25.0 Å². The zero-order chi connectivity index (χ0) is 20.9. The van der Waals surface area contributed by atoms with Gasteiger partial charge in [0.2, 0.25) is 0 Å². The Kier molecular flexibility index (Phi) is 6.04. The van der Waals surface area contributed by atoms with Crippen molar-refractivity contribution in [3.63, 3.8) is 0 Å². The summed E-state index contributed by atoms with van der Waals surface area (Å²) in [7, 11) is 0. The van der Waals surface area contributed by atoms with E-state index in [9.17, 15) is 10.1 Å². The summed E-state index contributed by atoms with van der Waals surface area (Å²) in [5.74, 6) is 2.25. The van der Waals surface area contributed by atoms with Gasteiger partial charge in [0.15, 0.2) is 5.82 Å². The first kappa shape index (κ1) is 20.0. The summed E-state index contributed by atoms with van der Waals surface area (Å²) >= 11 is 0. The molecule has 156 valence electrons. The topological polar surface area (TPSA) is 97.3 Å². The SMILES string of the molecule is CCc1cc(NCC(c2ccco2)N2CCCC2)nc(-c2ccc([N+](=O)[O-])cc2)n1. The standard InChI is InChI=1S/C22H25N5O3/c1-2-17-14-21(25-22(24-17)16-7-9-18(10-8-16)27(28)29)23-15-19(20-6-5-13-30-20)26-11-3-4-12-26/h5-10,13-14,19H,2-4,11-12,15H2,1H3,(H,23,24,25). The summed E-state index contributed by atoms with van der Waals surface area (Å²) in [4.78, 5) is 22.2. The van der Waals surface area contributed by atoms with E-state index in [4.69, 9.17) is 4.42 Å². The van der Waals surface area contributed by atoms with Gasteiger partial charge in [0.25, 0.3) is 5.69 Å². The van der Waals surface area contributed by atoms with Gasteiger partial charge in [-0.3, -0.25) is 15.0 Å². The quantitative estimate of drug-likeness (QED) is 0.435. The van der Waals surface area contributed by atoms with Crippen molar-refractivity contribution in [3.05, 3.63) is 70.3 Å². The van der Waals surface area contributed by atoms with Crippen LogP contribution in [0.25, 0.3) is 11.4 Å². The highest BCUT2D eigenvalue weighted by Gasteiger charge is 2.25. The molecule has 1 N–H and O–H groups in total. The average molecular weight is 407 g/mol. The van der Waals surface area contributed by atoms with E-state index in [2.05, 4.69) is 20.2 Å². The summed E-state index contributed by atoms with van der Waals surface area (Å²) in [5.41, 5.74) is 1.72. The van der Waals surface area contributed by atoms with E-state index in [1.807, 2.05) is 25.1 Å². The number of anilines is 1. The number of non-ortho nitro benzene ring substituents is 1. The van der Waals surface area contributed by atoms with E-state index in [1.54, 1.807) is 18.4 Å². The zero-order valence-electron chi connectivity index (χ0n) is 17.0. The van der Waals surface area contributed by atoms with Gasteiger partial charge in [-0.2, -0.15) is 0 Å². The highest BCUT2D eigenvalue weighted by molar-refractivity contribution is 5.59. The van der Waals surface area contributed by atoms with Gasteiger partial charge in [-0.05, 0) is 56.6 Å². The lowest BCUT2D eigenvalue weighted by atomic mass is 10.1. The lowest BCUT2D eigenvalue weighted by Crippen LogP contribution is -2.31. The van der Waals surface area contributed by atoms with Gasteiger partial charge >= 0.3 is 0 Å². The van der Waals surface area contributed by atoms with Gasteiger partial charge in [-0.25, -0.2) is 9.97 Å². The van der Waals surface area contributed by atoms with Crippen LogP contribution in [-0.2, 0) is 6.42 Å². The summed E-state index contributed by atoms with van der Waals surface area (Å²) in [6.45, 7) is 4.84. The summed E-state index contributed by atoms with van der Waals surface area (Å²) in [6, 6.07) is 12.4. The van der Waals surface area contributed by atoms with E-state index in [0.717, 1.165) is 42.3 Å². The maximum absolute atomic E-state index is 10.9. The smallest absolute Gasteiger partial charge is 0.269 e. The minimum atomic E-state index is -0.410. The van der Waals surface area contributed by atoms with E-state index in [-0.39, 0.29) is 11.7 Å². The van der Waals surface area contributed by atoms with E-state index >= 15 is 0 Å². The number of aromatic nitrogens is 2. The Labute approximate surface area is 175 Å². The Hall–Kier alpha value is -3.26. The normalized spacial score (nSPS) is 15.2. The minimum Gasteiger partial charge on any atom is -0.468 e. The number of hydrogen-bond acceptors (Lipinski definition) is 7. The van der Waals surface area contributed by atoms with Crippen molar-refractivity contribution in [3.8, 4) is 11.4 Å². The van der Waals surface area contributed by atoms with Gasteiger partial charge in [0, 0.05) is 36.0 Å². The molecule has 3 heterocycles. The molecular formula is C22H25N5O3. The Morgan fingerprint density at radius 2 is 1.97 bits per heavy atom. The number of aryl methyl sites for hydroxylation is 1. The number of nitro groups is 1. The highest BCUT2D eigenvalue weighted by Crippen LogP contribution is 2.27. The average Bonchev–Trinajstić information content (AvgIpc) is 3.49. The lowest BCUT2D eigenvalue weighted by Gasteiger charge is -2.26. The molecule has 1 unspecified atom stereocenters. The van der Waals surface area contributed by atoms with Crippen LogP contribution < -0.4 is 5.32 Å². The fourth-order valence-electron chi connectivity index (χ4n) is 3.78. The van der Waals surface area contributed by atoms with Crippen molar-refractivity contribution >= 4 is 11.5 Å². The first-order chi connectivity index (χ1) is 14.6. The van der Waals surface area contributed by atoms with Crippen molar-refractivity contribution in [2.24, 2.45) is 0 Å². The number of nitro benzene ring substituents is 1. The first-order valence-corrected chi connectivity index (χ1v) is 10.3. The lowest BCUT2D eigenvalue weighted by molar-refractivity contribution is -0.384. The molecule has 0 spiro atoms. The van der Waals surface area contributed by atoms with Crippen LogP contribution in [0.15, 0.2) is 53.1 Å². The van der Waals surface area contributed by atoms with Gasteiger partial charge < -0.3 is 9.73 Å². The Morgan fingerprint density at radius 1 is 1.20 bits per heavy atom. The third kappa shape index (κ3) is 4.49. The second-order valence-corrected chi connectivity index (χ2v) is 7.38. The molecule has 0 bridgehead atoms. The van der Waals surface area contributed by atoms with Crippen molar-refractivity contribution < 1.29 is 9.34 Å². The van der Waals surface area contributed by atoms with Crippen LogP contribution in [0.4, 0.5) is 11.5 Å². The molecule has 3 aromatic rings. The number of benzene rings is 1. The summed E-state index contributed by atoms with van der Waals surface area (Å²) in [5, 5.41) is 14.4. The first-order valence-electron chi connectivity index (χ1n) is 10.3. The predicted octanol–water partition coefficient (Wildman–Crippen LogP) is 4.46. The number of nitrogens with one attached hydrogen (secondary N) is 1. The molecule has 1 aliphatic heterocycles. The maximum Gasteiger partial charge on any atom is 0.269 e. The van der Waals surface area contributed by atoms with Crippen molar-refractivity contribution in [1.82, 2.24) is 14.9 Å². The molecule has 1 fully saturated rings. The van der Waals surface area contributed by atoms with Crippen molar-refractivity contribution in [2.45, 2.75) is 32.2 Å². The second kappa shape index (κ2) is 9.04. The number of likely N-dealkylation sites (tertiary alicyclic amines) is 1. The number of furan rings is 1. The molecule has 4 rings (SSSR count). The third-order valence-corrected chi connectivity index (χ3v) is 5.41. The monoisotopic (exact) mass is 407 g/mol. The molecule has 1 aliphatic rings. The van der Waals surface area contributed by atoms with Crippen molar-refractivity contribution in [2.75, 3.05) is 25.0 Å². The molecule has 8 nitrogen and oxygen atoms in total. The summed E-state index contributed by atoms with van der Waals surface area (Å²) < 4.78 is 5.70. The van der Waals surface area contributed by atoms with Gasteiger partial charge in [-0.15, -0.1) is 0 Å². The molecule has 0 saturated carbocycles. The molecular weight excluding hydrogens is 382 g/mol. The molecule has 1 aromatic carbocycles. The van der Waals surface area contributed by atoms with Crippen LogP contribution in [-0.4, -0.2) is 39.4 Å². The van der Waals surface area contributed by atoms with Crippen LogP contribution in [0.3, 0.4) is 0 Å². The fourth-order valence-corrected chi connectivity index (χ4v) is 3.78. The molecule has 1 atom stereocenters. The van der Waals surface area contributed by atoms with Gasteiger partial charge in [0.1, 0.15) is 11.6 Å². The van der Waals surface area contributed by atoms with Gasteiger partial charge in [-0.1, -0.05) is 6.92 Å². The second-order valence-electron chi connectivity index (χ2n) is 7.38. The van der Waals surface area contributed by atoms with Crippen molar-refractivity contribution in [1.29, 1.82) is 0 Å². The minimum absolute atomic E-state index is 0.0515. The third-order valence-electron chi connectivity index (χ3n) is 5.41. The molecule has 30 heavy (non-hydrogen) atoms. The molecule has 1 saturated heterocycles. The highest BCUT2D eigenvalue weighted by atomic mass is 16.6. The molecule has 8 heteroatoms. The molecule has 0 aliphatic carbocycles. The maximum atomic E-state index is 10.9. The largest absolute Gasteiger partial charge is 0.468 e. The Balaban J connectivity index is 1.56. The Morgan fingerprint density at radius 3 is 2.60 bits per heavy atom. The van der Waals surface area contributed by atoms with Crippen LogP contribution in [0.2, 0.25) is 0 Å². The molecule has 0 amide bonds. The number of hydrogen-bond donors (Lipinski definition) is 1. The van der Waals surface area contributed by atoms with E-state index < -0.39 is 4.92 Å². The Bertz CT molecular complexity index is 983. The summed E-state index contributed by atoms with van der Waals surface area (Å²) in [6.07, 6.45) is 4.89. The predicted molar refractivity (Wildman–Crippen MR) is 114 cm³/mol. The van der Waals surface area contributed by atoms with Crippen LogP contribution in [0, 0.1) is 10.1 Å². The number of rotatable bonds is 8. The van der Waals surface area contributed by atoms with E-state index in [0.29, 0.717) is 12.4 Å². The van der Waals surface area contributed by atoms with Gasteiger partial charge in [0.05, 0.1) is 17.2 Å². The van der Waals surface area contributed by atoms with Crippen LogP contribution >= 0.6 is 0 Å². The fraction of sp³-hybridized carbons (Fsp3) is 0.364. The van der Waals surface area contributed by atoms with Crippen LogP contribution in [0.5, 0.6) is 0 Å². The van der Waals surface area contributed by atoms with Crippen LogP contribution in [0.1, 0.15) is 37.3 Å². The molecule has 2 aromatic heterocycles. The molecule has 0 radical (unpaired) electrons.